The summed E-state index contributed by atoms with van der Waals surface area (Å²) in [6.45, 7) is 4.25. The zero-order valence-corrected chi connectivity index (χ0v) is 12.4. The Hall–Kier alpha value is -2.07. The molecule has 0 fully saturated rings. The first-order valence-electron chi connectivity index (χ1n) is 6.68. The van der Waals surface area contributed by atoms with E-state index in [0.717, 1.165) is 23.2 Å². The maximum atomic E-state index is 6.08. The van der Waals surface area contributed by atoms with Crippen LogP contribution in [0.1, 0.15) is 18.1 Å². The summed E-state index contributed by atoms with van der Waals surface area (Å²) in [5.74, 6) is 0.557. The molecule has 0 aliphatic heterocycles. The monoisotopic (exact) mass is 283 g/mol. The lowest BCUT2D eigenvalue weighted by Gasteiger charge is -2.06. The number of nitrogens with one attached hydrogen (secondary N) is 1. The van der Waals surface area contributed by atoms with E-state index < -0.39 is 0 Å². The normalized spacial score (nSPS) is 10.9. The molecule has 3 N–H and O–H groups in total. The van der Waals surface area contributed by atoms with Crippen LogP contribution in [-0.2, 0) is 6.42 Å². The van der Waals surface area contributed by atoms with Crippen LogP contribution in [0.25, 0.3) is 21.7 Å². The molecule has 0 saturated heterocycles. The van der Waals surface area contributed by atoms with Crippen LogP contribution in [0.3, 0.4) is 0 Å². The number of H-pyrrole nitrogens is 1. The number of anilines is 1. The molecule has 0 bridgehead atoms. The molecule has 2 heterocycles. The number of nitrogens with two attached hydrogens (primary N) is 1. The molecule has 4 heteroatoms. The molecule has 1 aromatic carbocycles. The second kappa shape index (κ2) is 5.13. The van der Waals surface area contributed by atoms with Gasteiger partial charge in [-0.1, -0.05) is 36.8 Å². The average molecular weight is 283 g/mol. The van der Waals surface area contributed by atoms with Gasteiger partial charge in [0.15, 0.2) is 5.82 Å². The quantitative estimate of drug-likeness (QED) is 0.754. The summed E-state index contributed by atoms with van der Waals surface area (Å²) in [5.41, 5.74) is 11.8. The van der Waals surface area contributed by atoms with Gasteiger partial charge in [-0.15, -0.1) is 11.3 Å². The molecular formula is C16H17N3S. The Morgan fingerprint density at radius 2 is 2.15 bits per heavy atom. The van der Waals surface area contributed by atoms with E-state index in [-0.39, 0.29) is 0 Å². The van der Waals surface area contributed by atoms with Gasteiger partial charge in [0.2, 0.25) is 0 Å². The fourth-order valence-corrected chi connectivity index (χ4v) is 3.44. The number of hydrogen-bond donors (Lipinski definition) is 2. The Morgan fingerprint density at radius 1 is 1.30 bits per heavy atom. The number of aromatic amines is 1. The van der Waals surface area contributed by atoms with Crippen molar-refractivity contribution >= 4 is 17.2 Å². The number of aromatic nitrogens is 2. The fourth-order valence-electron chi connectivity index (χ4n) is 2.45. The highest BCUT2D eigenvalue weighted by Gasteiger charge is 2.17. The van der Waals surface area contributed by atoms with E-state index in [9.17, 15) is 0 Å². The molecule has 20 heavy (non-hydrogen) atoms. The molecular weight excluding hydrogens is 266 g/mol. The average Bonchev–Trinajstić information content (AvgIpc) is 3.04. The third-order valence-electron chi connectivity index (χ3n) is 3.46. The van der Waals surface area contributed by atoms with Crippen LogP contribution in [0.15, 0.2) is 35.7 Å². The number of thiophene rings is 1. The van der Waals surface area contributed by atoms with Crippen molar-refractivity contribution in [3.63, 3.8) is 0 Å². The molecule has 3 nitrogen and oxygen atoms in total. The molecule has 102 valence electrons. The highest BCUT2D eigenvalue weighted by molar-refractivity contribution is 7.13. The van der Waals surface area contributed by atoms with Gasteiger partial charge in [-0.25, -0.2) is 0 Å². The standard InChI is InChI=1S/C16H17N3S/c1-3-11-7-8-20-15(11)14-13(16(17)19-18-14)12-6-4-5-10(2)9-12/h4-9H,3H2,1-2H3,(H3,17,18,19). The van der Waals surface area contributed by atoms with Gasteiger partial charge < -0.3 is 5.73 Å². The van der Waals surface area contributed by atoms with Crippen molar-refractivity contribution in [3.05, 3.63) is 46.8 Å². The molecule has 0 atom stereocenters. The van der Waals surface area contributed by atoms with Gasteiger partial charge in [-0.3, -0.25) is 5.10 Å². The largest absolute Gasteiger partial charge is 0.382 e. The maximum absolute atomic E-state index is 6.08. The van der Waals surface area contributed by atoms with Crippen molar-refractivity contribution in [3.8, 4) is 21.7 Å². The van der Waals surface area contributed by atoms with E-state index >= 15 is 0 Å². The van der Waals surface area contributed by atoms with Crippen LogP contribution < -0.4 is 5.73 Å². The van der Waals surface area contributed by atoms with Gasteiger partial charge in [0.1, 0.15) is 0 Å². The minimum Gasteiger partial charge on any atom is -0.382 e. The summed E-state index contributed by atoms with van der Waals surface area (Å²) < 4.78 is 0. The number of rotatable bonds is 3. The van der Waals surface area contributed by atoms with Crippen LogP contribution in [0.5, 0.6) is 0 Å². The number of aryl methyl sites for hydroxylation is 2. The Balaban J connectivity index is 2.20. The topological polar surface area (TPSA) is 54.7 Å². The lowest BCUT2D eigenvalue weighted by molar-refractivity contribution is 1.10. The highest BCUT2D eigenvalue weighted by Crippen LogP contribution is 2.39. The van der Waals surface area contributed by atoms with Crippen LogP contribution in [0, 0.1) is 6.92 Å². The smallest absolute Gasteiger partial charge is 0.153 e. The molecule has 2 aromatic heterocycles. The van der Waals surface area contributed by atoms with Crippen LogP contribution in [-0.4, -0.2) is 10.2 Å². The molecule has 0 aliphatic carbocycles. The second-order valence-corrected chi connectivity index (χ2v) is 5.77. The summed E-state index contributed by atoms with van der Waals surface area (Å²) in [4.78, 5) is 1.23. The second-order valence-electron chi connectivity index (χ2n) is 4.86. The summed E-state index contributed by atoms with van der Waals surface area (Å²) in [6, 6.07) is 10.5. The Morgan fingerprint density at radius 3 is 2.90 bits per heavy atom. The van der Waals surface area contributed by atoms with E-state index in [1.807, 2.05) is 0 Å². The third kappa shape index (κ3) is 2.12. The van der Waals surface area contributed by atoms with Crippen molar-refractivity contribution in [2.24, 2.45) is 0 Å². The van der Waals surface area contributed by atoms with Crippen LogP contribution in [0.2, 0.25) is 0 Å². The molecule has 0 amide bonds. The van der Waals surface area contributed by atoms with Crippen molar-refractivity contribution in [1.82, 2.24) is 10.2 Å². The number of benzene rings is 1. The first kappa shape index (κ1) is 12.9. The maximum Gasteiger partial charge on any atom is 0.153 e. The van der Waals surface area contributed by atoms with Gasteiger partial charge in [0.05, 0.1) is 16.1 Å². The van der Waals surface area contributed by atoms with E-state index in [2.05, 4.69) is 59.8 Å². The summed E-state index contributed by atoms with van der Waals surface area (Å²) in [6.07, 6.45) is 1.00. The van der Waals surface area contributed by atoms with E-state index in [0.29, 0.717) is 5.82 Å². The minimum atomic E-state index is 0.557. The van der Waals surface area contributed by atoms with Gasteiger partial charge >= 0.3 is 0 Å². The van der Waals surface area contributed by atoms with Crippen molar-refractivity contribution < 1.29 is 0 Å². The first-order valence-corrected chi connectivity index (χ1v) is 7.56. The summed E-state index contributed by atoms with van der Waals surface area (Å²) >= 11 is 1.73. The van der Waals surface area contributed by atoms with Gasteiger partial charge in [0, 0.05) is 0 Å². The molecule has 0 saturated carbocycles. The van der Waals surface area contributed by atoms with E-state index in [4.69, 9.17) is 5.73 Å². The Bertz CT molecular complexity index is 740. The van der Waals surface area contributed by atoms with Gasteiger partial charge in [-0.2, -0.15) is 5.10 Å². The van der Waals surface area contributed by atoms with Crippen LogP contribution >= 0.6 is 11.3 Å². The Kier molecular flexibility index (Phi) is 3.32. The fraction of sp³-hybridized carbons (Fsp3) is 0.188. The molecule has 0 aliphatic rings. The number of hydrogen-bond acceptors (Lipinski definition) is 3. The minimum absolute atomic E-state index is 0.557. The molecule has 3 aromatic rings. The van der Waals surface area contributed by atoms with Gasteiger partial charge in [-0.05, 0) is 35.9 Å². The summed E-state index contributed by atoms with van der Waals surface area (Å²) in [5, 5.41) is 9.43. The zero-order chi connectivity index (χ0) is 14.1. The van der Waals surface area contributed by atoms with Crippen molar-refractivity contribution in [2.45, 2.75) is 20.3 Å². The van der Waals surface area contributed by atoms with Crippen molar-refractivity contribution in [2.75, 3.05) is 5.73 Å². The molecule has 3 rings (SSSR count). The predicted octanol–water partition coefficient (Wildman–Crippen LogP) is 4.26. The van der Waals surface area contributed by atoms with E-state index in [1.54, 1.807) is 11.3 Å². The lowest BCUT2D eigenvalue weighted by Crippen LogP contribution is -1.89. The SMILES string of the molecule is CCc1ccsc1-c1[nH]nc(N)c1-c1cccc(C)c1. The summed E-state index contributed by atoms with van der Waals surface area (Å²) in [7, 11) is 0. The highest BCUT2D eigenvalue weighted by atomic mass is 32.1. The molecule has 0 radical (unpaired) electrons. The van der Waals surface area contributed by atoms with Crippen molar-refractivity contribution in [1.29, 1.82) is 0 Å². The zero-order valence-electron chi connectivity index (χ0n) is 11.6. The lowest BCUT2D eigenvalue weighted by atomic mass is 10.0. The predicted molar refractivity (Wildman–Crippen MR) is 85.9 cm³/mol. The Labute approximate surface area is 122 Å². The van der Waals surface area contributed by atoms with Crippen LogP contribution in [0.4, 0.5) is 5.82 Å². The third-order valence-corrected chi connectivity index (χ3v) is 4.43. The molecule has 0 unspecified atom stereocenters. The number of nitrogen functional groups attached to an aromatic ring is 1. The number of nitrogens with zero attached hydrogens (tertiary/aromatic N) is 1. The van der Waals surface area contributed by atoms with E-state index in [1.165, 1.54) is 16.0 Å². The molecule has 0 spiro atoms. The van der Waals surface area contributed by atoms with Gasteiger partial charge in [0.25, 0.3) is 0 Å². The first-order chi connectivity index (χ1) is 9.70.